The molecule has 4 heterocycles. The fourth-order valence-corrected chi connectivity index (χ4v) is 4.46. The van der Waals surface area contributed by atoms with Crippen molar-refractivity contribution < 1.29 is 4.79 Å². The number of nitrogens with zero attached hydrogens (tertiary/aromatic N) is 5. The zero-order valence-electron chi connectivity index (χ0n) is 17.1. The van der Waals surface area contributed by atoms with E-state index in [0.29, 0.717) is 42.6 Å². The highest BCUT2D eigenvalue weighted by Gasteiger charge is 2.30. The molecule has 1 atom stereocenters. The fourth-order valence-electron chi connectivity index (χ4n) is 4.16. The van der Waals surface area contributed by atoms with Crippen molar-refractivity contribution in [2.24, 2.45) is 0 Å². The topological polar surface area (TPSA) is 93.8 Å². The van der Waals surface area contributed by atoms with Crippen molar-refractivity contribution in [2.75, 3.05) is 31.1 Å². The number of hydrogen-bond acceptors (Lipinski definition) is 5. The van der Waals surface area contributed by atoms with Crippen molar-refractivity contribution in [3.8, 4) is 0 Å². The van der Waals surface area contributed by atoms with E-state index in [0.717, 1.165) is 28.1 Å². The summed E-state index contributed by atoms with van der Waals surface area (Å²) in [5.41, 5.74) is 2.47. The molecule has 1 aliphatic rings. The molecule has 8 nitrogen and oxygen atoms in total. The average molecular weight is 470 g/mol. The Hall–Kier alpha value is -3.10. The highest BCUT2D eigenvalue weighted by molar-refractivity contribution is 6.42. The summed E-state index contributed by atoms with van der Waals surface area (Å²) in [5.74, 6) is 0.552. The molecule has 0 aliphatic carbocycles. The van der Waals surface area contributed by atoms with Gasteiger partial charge in [0.2, 0.25) is 5.91 Å². The van der Waals surface area contributed by atoms with Gasteiger partial charge < -0.3 is 19.8 Å². The van der Waals surface area contributed by atoms with E-state index in [2.05, 4.69) is 29.8 Å². The van der Waals surface area contributed by atoms with Crippen LogP contribution in [0.5, 0.6) is 0 Å². The highest BCUT2D eigenvalue weighted by Crippen LogP contribution is 2.30. The number of H-pyrrole nitrogens is 2. The quantitative estimate of drug-likeness (QED) is 0.465. The summed E-state index contributed by atoms with van der Waals surface area (Å²) in [5, 5.41) is 1.89. The van der Waals surface area contributed by atoms with Gasteiger partial charge in [0.05, 0.1) is 33.4 Å². The van der Waals surface area contributed by atoms with Gasteiger partial charge >= 0.3 is 0 Å². The zero-order valence-corrected chi connectivity index (χ0v) is 18.6. The van der Waals surface area contributed by atoms with Crippen LogP contribution in [-0.4, -0.2) is 61.9 Å². The first-order valence-electron chi connectivity index (χ1n) is 10.3. The van der Waals surface area contributed by atoms with Crippen LogP contribution in [0.3, 0.4) is 0 Å². The van der Waals surface area contributed by atoms with Crippen molar-refractivity contribution in [3.63, 3.8) is 0 Å². The number of piperazine rings is 1. The van der Waals surface area contributed by atoms with E-state index >= 15 is 0 Å². The number of anilines is 1. The van der Waals surface area contributed by atoms with Gasteiger partial charge in [-0.3, -0.25) is 4.79 Å². The molecule has 32 heavy (non-hydrogen) atoms. The molecule has 0 saturated carbocycles. The normalized spacial score (nSPS) is 15.3. The first-order valence-corrected chi connectivity index (χ1v) is 11.1. The molecule has 2 N–H and O–H groups in total. The van der Waals surface area contributed by atoms with Gasteiger partial charge in [-0.25, -0.2) is 15.0 Å². The van der Waals surface area contributed by atoms with E-state index in [1.807, 2.05) is 29.4 Å². The van der Waals surface area contributed by atoms with Crippen LogP contribution in [0.4, 0.5) is 5.82 Å². The highest BCUT2D eigenvalue weighted by atomic mass is 35.5. The fraction of sp³-hybridized carbons (Fsp3) is 0.273. The Morgan fingerprint density at radius 1 is 1.06 bits per heavy atom. The molecule has 1 amide bonds. The Bertz CT molecular complexity index is 1230. The lowest BCUT2D eigenvalue weighted by Gasteiger charge is -2.37. The predicted molar refractivity (Wildman–Crippen MR) is 124 cm³/mol. The summed E-state index contributed by atoms with van der Waals surface area (Å²) in [6, 6.07) is 7.35. The van der Waals surface area contributed by atoms with Gasteiger partial charge in [-0.05, 0) is 23.8 Å². The molecule has 1 unspecified atom stereocenters. The maximum absolute atomic E-state index is 13.6. The second kappa shape index (κ2) is 8.80. The smallest absolute Gasteiger partial charge is 0.230 e. The molecular formula is C22H21Cl2N7O. The number of carbonyl (C=O) groups is 1. The van der Waals surface area contributed by atoms with Crippen LogP contribution >= 0.6 is 23.2 Å². The number of benzene rings is 1. The average Bonchev–Trinajstić information content (AvgIpc) is 3.51. The van der Waals surface area contributed by atoms with Crippen LogP contribution in [0.2, 0.25) is 10.0 Å². The molecule has 3 aromatic heterocycles. The van der Waals surface area contributed by atoms with E-state index in [1.165, 1.54) is 0 Å². The number of aromatic nitrogens is 5. The van der Waals surface area contributed by atoms with Crippen molar-refractivity contribution >= 4 is 46.0 Å². The molecule has 0 bridgehead atoms. The van der Waals surface area contributed by atoms with E-state index in [4.69, 9.17) is 23.2 Å². The minimum atomic E-state index is -0.393. The molecule has 10 heteroatoms. The van der Waals surface area contributed by atoms with E-state index < -0.39 is 5.92 Å². The summed E-state index contributed by atoms with van der Waals surface area (Å²) < 4.78 is 0. The molecule has 0 radical (unpaired) electrons. The van der Waals surface area contributed by atoms with Gasteiger partial charge in [0.1, 0.15) is 17.8 Å². The lowest BCUT2D eigenvalue weighted by Crippen LogP contribution is -2.50. The Morgan fingerprint density at radius 3 is 2.66 bits per heavy atom. The summed E-state index contributed by atoms with van der Waals surface area (Å²) in [7, 11) is 0. The lowest BCUT2D eigenvalue weighted by molar-refractivity contribution is -0.133. The van der Waals surface area contributed by atoms with Crippen LogP contribution in [0.15, 0.2) is 49.3 Å². The SMILES string of the molecule is O=C(C(Cc1c[nH]cn1)c1ccc(Cl)c(Cl)c1)N1CCN(c2ncnc3[nH]ccc23)CC1. The van der Waals surface area contributed by atoms with Crippen LogP contribution in [0.25, 0.3) is 11.0 Å². The largest absolute Gasteiger partial charge is 0.352 e. The number of carbonyl (C=O) groups excluding carboxylic acids is 1. The van der Waals surface area contributed by atoms with Crippen molar-refractivity contribution in [1.29, 1.82) is 0 Å². The number of nitrogens with one attached hydrogen (secondary N) is 2. The number of halogens is 2. The number of aromatic amines is 2. The van der Waals surface area contributed by atoms with Crippen LogP contribution in [-0.2, 0) is 11.2 Å². The molecule has 1 aliphatic heterocycles. The maximum Gasteiger partial charge on any atom is 0.230 e. The Morgan fingerprint density at radius 2 is 1.91 bits per heavy atom. The van der Waals surface area contributed by atoms with Crippen molar-refractivity contribution in [2.45, 2.75) is 12.3 Å². The van der Waals surface area contributed by atoms with Crippen LogP contribution < -0.4 is 4.90 Å². The van der Waals surface area contributed by atoms with Gasteiger partial charge in [0.15, 0.2) is 0 Å². The predicted octanol–water partition coefficient (Wildman–Crippen LogP) is 3.66. The third-order valence-electron chi connectivity index (χ3n) is 5.84. The number of rotatable bonds is 5. The molecule has 1 saturated heterocycles. The van der Waals surface area contributed by atoms with Gasteiger partial charge in [0, 0.05) is 45.0 Å². The molecule has 5 rings (SSSR count). The number of fused-ring (bicyclic) bond motifs is 1. The van der Waals surface area contributed by atoms with Crippen LogP contribution in [0.1, 0.15) is 17.2 Å². The first-order chi connectivity index (χ1) is 15.6. The summed E-state index contributed by atoms with van der Waals surface area (Å²) in [4.78, 5) is 36.8. The van der Waals surface area contributed by atoms with E-state index in [-0.39, 0.29) is 5.91 Å². The van der Waals surface area contributed by atoms with Crippen molar-refractivity contribution in [3.05, 3.63) is 70.6 Å². The summed E-state index contributed by atoms with van der Waals surface area (Å²) >= 11 is 12.4. The minimum absolute atomic E-state index is 0.0560. The maximum atomic E-state index is 13.6. The van der Waals surface area contributed by atoms with E-state index in [9.17, 15) is 4.79 Å². The zero-order chi connectivity index (χ0) is 22.1. The van der Waals surface area contributed by atoms with Gasteiger partial charge in [0.25, 0.3) is 0 Å². The molecule has 4 aromatic rings. The number of amides is 1. The Kier molecular flexibility index (Phi) is 5.71. The molecular weight excluding hydrogens is 449 g/mol. The Labute approximate surface area is 194 Å². The molecule has 164 valence electrons. The Balaban J connectivity index is 1.35. The number of imidazole rings is 1. The lowest BCUT2D eigenvalue weighted by atomic mass is 9.92. The molecule has 1 fully saturated rings. The van der Waals surface area contributed by atoms with Gasteiger partial charge in [-0.15, -0.1) is 0 Å². The summed E-state index contributed by atoms with van der Waals surface area (Å²) in [6.45, 7) is 2.60. The number of hydrogen-bond donors (Lipinski definition) is 2. The third kappa shape index (κ3) is 4.03. The van der Waals surface area contributed by atoms with Gasteiger partial charge in [-0.1, -0.05) is 29.3 Å². The van der Waals surface area contributed by atoms with Gasteiger partial charge in [-0.2, -0.15) is 0 Å². The standard InChI is InChI=1S/C22H21Cl2N7O/c23-18-2-1-14(9-19(18)24)17(10-15-11-25-12-27-15)22(32)31-7-5-30(6-8-31)21-16-3-4-26-20(16)28-13-29-21/h1-4,9,11-13,17H,5-8,10H2,(H,25,27)(H,26,28,29). The third-order valence-corrected chi connectivity index (χ3v) is 6.58. The second-order valence-electron chi connectivity index (χ2n) is 7.74. The second-order valence-corrected chi connectivity index (χ2v) is 8.55. The molecule has 1 aromatic carbocycles. The van der Waals surface area contributed by atoms with Crippen molar-refractivity contribution in [1.82, 2.24) is 29.8 Å². The first kappa shape index (κ1) is 20.8. The van der Waals surface area contributed by atoms with E-state index in [1.54, 1.807) is 24.8 Å². The van der Waals surface area contributed by atoms with Crippen LogP contribution in [0, 0.1) is 0 Å². The molecule has 0 spiro atoms. The minimum Gasteiger partial charge on any atom is -0.352 e. The summed E-state index contributed by atoms with van der Waals surface area (Å²) in [6.07, 6.45) is 7.34. The monoisotopic (exact) mass is 469 g/mol.